The molecule has 1 aromatic heterocycles. The van der Waals surface area contributed by atoms with Gasteiger partial charge in [0.05, 0.1) is 0 Å². The van der Waals surface area contributed by atoms with Crippen LogP contribution >= 0.6 is 0 Å². The molecule has 6 nitrogen and oxygen atoms in total. The van der Waals surface area contributed by atoms with Crippen LogP contribution in [0, 0.1) is 0 Å². The lowest BCUT2D eigenvalue weighted by atomic mass is 10.1. The summed E-state index contributed by atoms with van der Waals surface area (Å²) < 4.78 is 0. The number of anilines is 2. The molecular weight excluding hydrogens is 242 g/mol. The van der Waals surface area contributed by atoms with Crippen molar-refractivity contribution >= 4 is 17.5 Å². The standard InChI is InChI=1S/C13H21N5O/c1-3-9-11(14-4-2)16-8-17-12(9)18-10-6-5-7-15-13(10)19/h8,10H,3-7H2,1-2H3,(H,15,19)(H2,14,16,17,18). The summed E-state index contributed by atoms with van der Waals surface area (Å²) in [6.45, 7) is 5.67. The van der Waals surface area contributed by atoms with E-state index >= 15 is 0 Å². The largest absolute Gasteiger partial charge is 0.370 e. The van der Waals surface area contributed by atoms with Gasteiger partial charge < -0.3 is 16.0 Å². The Hall–Kier alpha value is -1.85. The maximum atomic E-state index is 11.8. The number of piperidine rings is 1. The second kappa shape index (κ2) is 6.36. The first-order valence-electron chi connectivity index (χ1n) is 6.88. The van der Waals surface area contributed by atoms with Crippen LogP contribution in [0.15, 0.2) is 6.33 Å². The highest BCUT2D eigenvalue weighted by Crippen LogP contribution is 2.22. The van der Waals surface area contributed by atoms with Gasteiger partial charge in [0.25, 0.3) is 0 Å². The van der Waals surface area contributed by atoms with Crippen LogP contribution in [0.4, 0.5) is 11.6 Å². The summed E-state index contributed by atoms with van der Waals surface area (Å²) in [6, 6.07) is -0.191. The van der Waals surface area contributed by atoms with Crippen molar-refractivity contribution in [2.45, 2.75) is 39.2 Å². The maximum Gasteiger partial charge on any atom is 0.242 e. The Morgan fingerprint density at radius 1 is 1.37 bits per heavy atom. The minimum absolute atomic E-state index is 0.0527. The fraction of sp³-hybridized carbons (Fsp3) is 0.615. The van der Waals surface area contributed by atoms with Gasteiger partial charge in [-0.3, -0.25) is 4.79 Å². The fourth-order valence-electron chi connectivity index (χ4n) is 2.27. The normalized spacial score (nSPS) is 18.8. The Balaban J connectivity index is 2.19. The maximum absolute atomic E-state index is 11.8. The van der Waals surface area contributed by atoms with E-state index in [1.54, 1.807) is 0 Å². The van der Waals surface area contributed by atoms with Crippen molar-refractivity contribution < 1.29 is 4.79 Å². The van der Waals surface area contributed by atoms with Crippen LogP contribution in [0.2, 0.25) is 0 Å². The number of carbonyl (C=O) groups excluding carboxylic acids is 1. The third-order valence-corrected chi connectivity index (χ3v) is 3.24. The number of rotatable bonds is 5. The van der Waals surface area contributed by atoms with Gasteiger partial charge in [0, 0.05) is 18.7 Å². The first-order valence-corrected chi connectivity index (χ1v) is 6.88. The molecule has 1 saturated heterocycles. The predicted molar refractivity (Wildman–Crippen MR) is 75.2 cm³/mol. The van der Waals surface area contributed by atoms with Gasteiger partial charge in [-0.2, -0.15) is 0 Å². The topological polar surface area (TPSA) is 78.9 Å². The zero-order chi connectivity index (χ0) is 13.7. The SMILES string of the molecule is CCNc1ncnc(NC2CCCNC2=O)c1CC. The molecule has 0 aliphatic carbocycles. The second-order valence-corrected chi connectivity index (χ2v) is 4.56. The molecule has 0 bridgehead atoms. The van der Waals surface area contributed by atoms with E-state index in [2.05, 4.69) is 32.8 Å². The van der Waals surface area contributed by atoms with E-state index in [4.69, 9.17) is 0 Å². The lowest BCUT2D eigenvalue weighted by molar-refractivity contribution is -0.123. The zero-order valence-electron chi connectivity index (χ0n) is 11.5. The van der Waals surface area contributed by atoms with Crippen LogP contribution in [0.25, 0.3) is 0 Å². The van der Waals surface area contributed by atoms with Crippen molar-refractivity contribution in [2.75, 3.05) is 23.7 Å². The molecule has 0 spiro atoms. The zero-order valence-corrected chi connectivity index (χ0v) is 11.5. The second-order valence-electron chi connectivity index (χ2n) is 4.56. The van der Waals surface area contributed by atoms with Gasteiger partial charge >= 0.3 is 0 Å². The molecule has 1 aliphatic heterocycles. The van der Waals surface area contributed by atoms with E-state index in [0.29, 0.717) is 0 Å². The summed E-state index contributed by atoms with van der Waals surface area (Å²) >= 11 is 0. The molecule has 1 amide bonds. The molecule has 3 N–H and O–H groups in total. The average Bonchev–Trinajstić information content (AvgIpc) is 2.42. The van der Waals surface area contributed by atoms with Crippen molar-refractivity contribution in [1.29, 1.82) is 0 Å². The molecule has 1 fully saturated rings. The van der Waals surface area contributed by atoms with Crippen molar-refractivity contribution in [1.82, 2.24) is 15.3 Å². The lowest BCUT2D eigenvalue weighted by Crippen LogP contribution is -2.44. The van der Waals surface area contributed by atoms with E-state index in [1.807, 2.05) is 6.92 Å². The number of hydrogen-bond donors (Lipinski definition) is 3. The predicted octanol–water partition coefficient (Wildman–Crippen LogP) is 1.16. The summed E-state index contributed by atoms with van der Waals surface area (Å²) in [5, 5.41) is 9.34. The monoisotopic (exact) mass is 263 g/mol. The number of nitrogens with zero attached hydrogens (tertiary/aromatic N) is 2. The number of aromatic nitrogens is 2. The van der Waals surface area contributed by atoms with Gasteiger partial charge in [0.15, 0.2) is 0 Å². The summed E-state index contributed by atoms with van der Waals surface area (Å²) in [4.78, 5) is 20.3. The third-order valence-electron chi connectivity index (χ3n) is 3.24. The molecule has 2 rings (SSSR count). The number of hydrogen-bond acceptors (Lipinski definition) is 5. The molecule has 0 aromatic carbocycles. The van der Waals surface area contributed by atoms with Crippen molar-refractivity contribution in [3.63, 3.8) is 0 Å². The van der Waals surface area contributed by atoms with Gasteiger partial charge in [-0.15, -0.1) is 0 Å². The summed E-state index contributed by atoms with van der Waals surface area (Å²) in [6.07, 6.45) is 4.19. The van der Waals surface area contributed by atoms with Crippen molar-refractivity contribution in [2.24, 2.45) is 0 Å². The van der Waals surface area contributed by atoms with Crippen molar-refractivity contribution in [3.05, 3.63) is 11.9 Å². The lowest BCUT2D eigenvalue weighted by Gasteiger charge is -2.24. The number of nitrogens with one attached hydrogen (secondary N) is 3. The number of amides is 1. The van der Waals surface area contributed by atoms with E-state index in [0.717, 1.165) is 49.6 Å². The summed E-state index contributed by atoms with van der Waals surface area (Å²) in [5.74, 6) is 1.66. The van der Waals surface area contributed by atoms with Crippen LogP contribution in [-0.2, 0) is 11.2 Å². The molecule has 1 unspecified atom stereocenters. The minimum atomic E-state index is -0.191. The molecule has 104 valence electrons. The van der Waals surface area contributed by atoms with Crippen molar-refractivity contribution in [3.8, 4) is 0 Å². The third kappa shape index (κ3) is 3.13. The van der Waals surface area contributed by atoms with Gasteiger partial charge in [-0.1, -0.05) is 6.92 Å². The van der Waals surface area contributed by atoms with E-state index < -0.39 is 0 Å². The molecule has 0 radical (unpaired) electrons. The highest BCUT2D eigenvalue weighted by atomic mass is 16.2. The molecule has 1 atom stereocenters. The molecule has 6 heteroatoms. The van der Waals surface area contributed by atoms with E-state index in [9.17, 15) is 4.79 Å². The Morgan fingerprint density at radius 3 is 2.84 bits per heavy atom. The highest BCUT2D eigenvalue weighted by Gasteiger charge is 2.23. The van der Waals surface area contributed by atoms with Crippen LogP contribution in [-0.4, -0.2) is 35.0 Å². The Morgan fingerprint density at radius 2 is 2.16 bits per heavy atom. The van der Waals surface area contributed by atoms with Gasteiger partial charge in [0.2, 0.25) is 5.91 Å². The summed E-state index contributed by atoms with van der Waals surface area (Å²) in [7, 11) is 0. The fourth-order valence-corrected chi connectivity index (χ4v) is 2.27. The molecule has 1 aliphatic rings. The molecule has 2 heterocycles. The molecule has 1 aromatic rings. The average molecular weight is 263 g/mol. The van der Waals surface area contributed by atoms with E-state index in [-0.39, 0.29) is 11.9 Å². The van der Waals surface area contributed by atoms with Gasteiger partial charge in [-0.05, 0) is 26.2 Å². The van der Waals surface area contributed by atoms with Crippen LogP contribution in [0.3, 0.4) is 0 Å². The first-order chi connectivity index (χ1) is 9.26. The Labute approximate surface area is 113 Å². The number of carbonyl (C=O) groups is 1. The van der Waals surface area contributed by atoms with Crippen LogP contribution in [0.1, 0.15) is 32.3 Å². The van der Waals surface area contributed by atoms with Gasteiger partial charge in [0.1, 0.15) is 24.0 Å². The van der Waals surface area contributed by atoms with Gasteiger partial charge in [-0.25, -0.2) is 9.97 Å². The molecule has 19 heavy (non-hydrogen) atoms. The van der Waals surface area contributed by atoms with Crippen LogP contribution in [0.5, 0.6) is 0 Å². The molecular formula is C13H21N5O. The first kappa shape index (κ1) is 13.6. The minimum Gasteiger partial charge on any atom is -0.370 e. The Kier molecular flexibility index (Phi) is 4.54. The van der Waals surface area contributed by atoms with E-state index in [1.165, 1.54) is 6.33 Å². The summed E-state index contributed by atoms with van der Waals surface area (Å²) in [5.41, 5.74) is 1.03. The highest BCUT2D eigenvalue weighted by molar-refractivity contribution is 5.85. The Bertz CT molecular complexity index is 449. The smallest absolute Gasteiger partial charge is 0.242 e. The van der Waals surface area contributed by atoms with Crippen LogP contribution < -0.4 is 16.0 Å². The quantitative estimate of drug-likeness (QED) is 0.743. The molecule has 0 saturated carbocycles.